The van der Waals surface area contributed by atoms with Gasteiger partial charge in [0.05, 0.1) is 16.8 Å². The van der Waals surface area contributed by atoms with Crippen molar-refractivity contribution in [3.8, 4) is 0 Å². The summed E-state index contributed by atoms with van der Waals surface area (Å²) in [6, 6.07) is 15.6. The van der Waals surface area contributed by atoms with Crippen molar-refractivity contribution in [3.63, 3.8) is 0 Å². The molecule has 1 aliphatic heterocycles. The molecule has 0 spiro atoms. The monoisotopic (exact) mass is 488 g/mol. The molecule has 0 fully saturated rings. The highest BCUT2D eigenvalue weighted by atomic mass is 32.1. The van der Waals surface area contributed by atoms with Crippen molar-refractivity contribution in [2.24, 2.45) is 0 Å². The average Bonchev–Trinajstić information content (AvgIpc) is 3.41. The molecule has 0 unspecified atom stereocenters. The van der Waals surface area contributed by atoms with Crippen molar-refractivity contribution in [1.29, 1.82) is 0 Å². The predicted octanol–water partition coefficient (Wildman–Crippen LogP) is 2.66. The van der Waals surface area contributed by atoms with E-state index in [1.165, 1.54) is 21.9 Å². The van der Waals surface area contributed by atoms with E-state index in [9.17, 15) is 19.2 Å². The molecule has 1 aliphatic rings. The van der Waals surface area contributed by atoms with Gasteiger partial charge < -0.3 is 4.74 Å². The van der Waals surface area contributed by atoms with E-state index in [4.69, 9.17) is 4.74 Å². The SMILES string of the molecule is CCc1nn2c(=O)cc(COC(=O)[C@@H](Cc3ccccc3)N3C(=O)c4ccccc4C3=O)nc2s1. The van der Waals surface area contributed by atoms with Gasteiger partial charge in [0.15, 0.2) is 0 Å². The number of fused-ring (bicyclic) bond motifs is 2. The third-order valence-corrected chi connectivity index (χ3v) is 6.74. The summed E-state index contributed by atoms with van der Waals surface area (Å²) in [7, 11) is 0. The van der Waals surface area contributed by atoms with E-state index in [1.54, 1.807) is 24.3 Å². The molecule has 0 saturated heterocycles. The van der Waals surface area contributed by atoms with Gasteiger partial charge >= 0.3 is 5.97 Å². The lowest BCUT2D eigenvalue weighted by molar-refractivity contribution is -0.149. The fourth-order valence-corrected chi connectivity index (χ4v) is 4.82. The fraction of sp³-hybridized carbons (Fsp3) is 0.200. The van der Waals surface area contributed by atoms with Crippen molar-refractivity contribution in [2.75, 3.05) is 0 Å². The van der Waals surface area contributed by atoms with E-state index in [0.717, 1.165) is 15.5 Å². The average molecular weight is 489 g/mol. The maximum absolute atomic E-state index is 13.3. The first-order valence-electron chi connectivity index (χ1n) is 11.0. The van der Waals surface area contributed by atoms with Gasteiger partial charge in [-0.1, -0.05) is 60.7 Å². The van der Waals surface area contributed by atoms with Crippen LogP contribution < -0.4 is 5.56 Å². The number of carbonyl (C=O) groups excluding carboxylic acids is 3. The number of hydrogen-bond acceptors (Lipinski definition) is 8. The summed E-state index contributed by atoms with van der Waals surface area (Å²) in [6.45, 7) is 1.65. The Morgan fingerprint density at radius 3 is 2.31 bits per heavy atom. The minimum absolute atomic E-state index is 0.0922. The van der Waals surface area contributed by atoms with E-state index < -0.39 is 23.8 Å². The first-order chi connectivity index (χ1) is 17.0. The van der Waals surface area contributed by atoms with Gasteiger partial charge in [-0.15, -0.1) is 0 Å². The van der Waals surface area contributed by atoms with Gasteiger partial charge in [-0.2, -0.15) is 9.61 Å². The summed E-state index contributed by atoms with van der Waals surface area (Å²) < 4.78 is 6.71. The standard InChI is InChI=1S/C25H20N4O5S/c1-2-20-27-29-21(30)13-16(26-25(29)35-20)14-34-24(33)19(12-15-8-4-3-5-9-15)28-22(31)17-10-6-7-11-18(17)23(28)32/h3-11,13,19H,2,12,14H2,1H3/t19-/m1/s1. The number of amides is 2. The van der Waals surface area contributed by atoms with Crippen LogP contribution in [0.25, 0.3) is 4.96 Å². The van der Waals surface area contributed by atoms with E-state index in [0.29, 0.717) is 11.4 Å². The molecule has 10 heteroatoms. The summed E-state index contributed by atoms with van der Waals surface area (Å²) >= 11 is 1.28. The minimum Gasteiger partial charge on any atom is -0.458 e. The maximum atomic E-state index is 13.3. The number of nitrogens with zero attached hydrogens (tertiary/aromatic N) is 4. The summed E-state index contributed by atoms with van der Waals surface area (Å²) in [5.74, 6) is -1.85. The Balaban J connectivity index is 1.42. The zero-order valence-electron chi connectivity index (χ0n) is 18.7. The Kier molecular flexibility index (Phi) is 5.96. The maximum Gasteiger partial charge on any atom is 0.330 e. The quantitative estimate of drug-likeness (QED) is 0.290. The molecule has 0 aliphatic carbocycles. The van der Waals surface area contributed by atoms with Gasteiger partial charge in [0.1, 0.15) is 17.7 Å². The second kappa shape index (κ2) is 9.22. The Morgan fingerprint density at radius 2 is 1.66 bits per heavy atom. The number of benzene rings is 2. The van der Waals surface area contributed by atoms with Crippen LogP contribution in [0.5, 0.6) is 0 Å². The molecule has 2 aromatic carbocycles. The van der Waals surface area contributed by atoms with Gasteiger partial charge in [0, 0.05) is 12.5 Å². The Bertz CT molecular complexity index is 1480. The van der Waals surface area contributed by atoms with Crippen LogP contribution in [0, 0.1) is 0 Å². The van der Waals surface area contributed by atoms with Crippen molar-refractivity contribution in [1.82, 2.24) is 19.5 Å². The van der Waals surface area contributed by atoms with E-state index in [1.807, 2.05) is 37.3 Å². The lowest BCUT2D eigenvalue weighted by atomic mass is 10.0. The lowest BCUT2D eigenvalue weighted by Gasteiger charge is -2.24. The minimum atomic E-state index is -1.18. The highest BCUT2D eigenvalue weighted by molar-refractivity contribution is 7.16. The second-order valence-electron chi connectivity index (χ2n) is 7.97. The third kappa shape index (κ3) is 4.24. The van der Waals surface area contributed by atoms with E-state index in [-0.39, 0.29) is 35.4 Å². The van der Waals surface area contributed by atoms with Crippen LogP contribution in [0.2, 0.25) is 0 Å². The second-order valence-corrected chi connectivity index (χ2v) is 9.01. The van der Waals surface area contributed by atoms with Crippen LogP contribution in [-0.2, 0) is 29.0 Å². The van der Waals surface area contributed by atoms with Gasteiger partial charge in [-0.25, -0.2) is 9.78 Å². The highest BCUT2D eigenvalue weighted by Gasteiger charge is 2.43. The molecule has 4 aromatic rings. The molecular weight excluding hydrogens is 468 g/mol. The Morgan fingerprint density at radius 1 is 1.00 bits per heavy atom. The highest BCUT2D eigenvalue weighted by Crippen LogP contribution is 2.26. The van der Waals surface area contributed by atoms with Crippen LogP contribution in [0.4, 0.5) is 0 Å². The predicted molar refractivity (Wildman–Crippen MR) is 127 cm³/mol. The number of esters is 1. The van der Waals surface area contributed by atoms with Crippen LogP contribution in [-0.4, -0.2) is 43.3 Å². The van der Waals surface area contributed by atoms with Crippen LogP contribution in [0.1, 0.15) is 43.9 Å². The zero-order chi connectivity index (χ0) is 24.5. The molecule has 0 radical (unpaired) electrons. The molecule has 0 N–H and O–H groups in total. The van der Waals surface area contributed by atoms with Crippen LogP contribution in [0.3, 0.4) is 0 Å². The molecule has 9 nitrogen and oxygen atoms in total. The van der Waals surface area contributed by atoms with Gasteiger partial charge in [-0.05, 0) is 24.1 Å². The van der Waals surface area contributed by atoms with Crippen LogP contribution in [0.15, 0.2) is 65.5 Å². The summed E-state index contributed by atoms with van der Waals surface area (Å²) in [5, 5.41) is 4.96. The molecular formula is C25H20N4O5S. The number of hydrogen-bond donors (Lipinski definition) is 0. The largest absolute Gasteiger partial charge is 0.458 e. The van der Waals surface area contributed by atoms with Crippen molar-refractivity contribution >= 4 is 34.1 Å². The molecule has 176 valence electrons. The summed E-state index contributed by atoms with van der Waals surface area (Å²) in [6.07, 6.45) is 0.758. The molecule has 2 amide bonds. The molecule has 35 heavy (non-hydrogen) atoms. The third-order valence-electron chi connectivity index (χ3n) is 5.69. The van der Waals surface area contributed by atoms with Crippen molar-refractivity contribution < 1.29 is 19.1 Å². The van der Waals surface area contributed by atoms with Crippen molar-refractivity contribution in [2.45, 2.75) is 32.4 Å². The Hall–Kier alpha value is -4.18. The first kappa shape index (κ1) is 22.6. The number of carbonyl (C=O) groups is 3. The Labute approximate surface area is 203 Å². The van der Waals surface area contributed by atoms with Crippen LogP contribution >= 0.6 is 11.3 Å². The summed E-state index contributed by atoms with van der Waals surface area (Å²) in [5.41, 5.74) is 1.15. The number of rotatable bonds is 7. The number of aryl methyl sites for hydroxylation is 1. The van der Waals surface area contributed by atoms with Gasteiger partial charge in [0.2, 0.25) is 4.96 Å². The number of imide groups is 1. The van der Waals surface area contributed by atoms with Crippen molar-refractivity contribution in [3.05, 3.63) is 98.4 Å². The van der Waals surface area contributed by atoms with E-state index in [2.05, 4.69) is 10.1 Å². The molecule has 0 bridgehead atoms. The normalized spacial score (nSPS) is 13.8. The number of ether oxygens (including phenoxy) is 1. The number of aromatic nitrogens is 3. The molecule has 1 atom stereocenters. The fourth-order valence-electron chi connectivity index (χ4n) is 3.96. The lowest BCUT2D eigenvalue weighted by Crippen LogP contribution is -2.47. The smallest absolute Gasteiger partial charge is 0.330 e. The first-order valence-corrected chi connectivity index (χ1v) is 11.8. The van der Waals surface area contributed by atoms with E-state index >= 15 is 0 Å². The van der Waals surface area contributed by atoms with Gasteiger partial charge in [-0.3, -0.25) is 19.3 Å². The topological polar surface area (TPSA) is 111 Å². The molecule has 2 aromatic heterocycles. The summed E-state index contributed by atoms with van der Waals surface area (Å²) in [4.78, 5) is 57.5. The molecule has 0 saturated carbocycles. The zero-order valence-corrected chi connectivity index (χ0v) is 19.5. The molecule has 3 heterocycles. The molecule has 5 rings (SSSR count). The van der Waals surface area contributed by atoms with Gasteiger partial charge in [0.25, 0.3) is 17.4 Å².